The van der Waals surface area contributed by atoms with Gasteiger partial charge in [-0.15, -0.1) is 0 Å². The predicted octanol–water partition coefficient (Wildman–Crippen LogP) is 4.38. The van der Waals surface area contributed by atoms with Gasteiger partial charge in [-0.1, -0.05) is 12.1 Å². The molecule has 0 aliphatic carbocycles. The van der Waals surface area contributed by atoms with Crippen LogP contribution in [0, 0.1) is 10.1 Å². The van der Waals surface area contributed by atoms with Crippen molar-refractivity contribution in [2.45, 2.75) is 32.4 Å². The maximum Gasteiger partial charge on any atom is 0.310 e. The minimum absolute atomic E-state index is 0.0502. The lowest BCUT2D eigenvalue weighted by atomic mass is 10.1. The minimum atomic E-state index is -0.536. The Kier molecular flexibility index (Phi) is 6.74. The number of piperidine rings is 1. The van der Waals surface area contributed by atoms with E-state index in [0.29, 0.717) is 11.5 Å². The van der Waals surface area contributed by atoms with E-state index in [0.717, 1.165) is 31.8 Å². The third-order valence-corrected chi connectivity index (χ3v) is 5.35. The fraction of sp³-hybridized carbons (Fsp3) is 0.348. The van der Waals surface area contributed by atoms with E-state index < -0.39 is 4.92 Å². The summed E-state index contributed by atoms with van der Waals surface area (Å²) in [6.07, 6.45) is 5.06. The number of furan rings is 2. The number of nitro benzene ring substituents is 1. The summed E-state index contributed by atoms with van der Waals surface area (Å²) >= 11 is 0. The van der Waals surface area contributed by atoms with Gasteiger partial charge in [0, 0.05) is 25.2 Å². The van der Waals surface area contributed by atoms with Crippen LogP contribution in [0.3, 0.4) is 0 Å². The molecule has 0 saturated carbocycles. The summed E-state index contributed by atoms with van der Waals surface area (Å²) in [5.41, 5.74) is -0.185. The van der Waals surface area contributed by atoms with E-state index in [1.54, 1.807) is 35.4 Å². The van der Waals surface area contributed by atoms with Crippen molar-refractivity contribution in [3.05, 3.63) is 76.4 Å². The summed E-state index contributed by atoms with van der Waals surface area (Å²) in [5.74, 6) is 1.79. The Morgan fingerprint density at radius 1 is 1.03 bits per heavy atom. The number of benzene rings is 1. The topological polar surface area (TPSA) is 102 Å². The van der Waals surface area contributed by atoms with Gasteiger partial charge in [0.05, 0.1) is 24.3 Å². The van der Waals surface area contributed by atoms with E-state index in [1.165, 1.54) is 18.6 Å². The molecule has 3 aromatic rings. The van der Waals surface area contributed by atoms with Crippen LogP contribution in [0.5, 0.6) is 5.75 Å². The molecule has 1 saturated heterocycles. The number of nitro groups is 1. The molecule has 1 aliphatic heterocycles. The molecule has 2 aromatic heterocycles. The molecular formula is C23H25N3O6. The van der Waals surface area contributed by atoms with Crippen molar-refractivity contribution in [1.82, 2.24) is 4.90 Å². The van der Waals surface area contributed by atoms with Crippen LogP contribution in [0.2, 0.25) is 0 Å². The molecule has 0 atom stereocenters. The molecule has 3 heterocycles. The first kappa shape index (κ1) is 21.5. The second kappa shape index (κ2) is 10.0. The number of para-hydroxylation sites is 2. The molecule has 0 unspecified atom stereocenters. The second-order valence-electron chi connectivity index (χ2n) is 7.63. The van der Waals surface area contributed by atoms with E-state index in [9.17, 15) is 14.9 Å². The standard InChI is InChI=1S/C23H25N3O6/c27-22(17-31-21-9-3-2-8-20(21)26(28)29)25(15-18-7-6-14-30-18)16-19-10-11-23(32-19)24-12-4-1-5-13-24/h2-3,6-11,14H,1,4-5,12-13,15-17H2. The summed E-state index contributed by atoms with van der Waals surface area (Å²) in [5, 5.41) is 11.2. The lowest BCUT2D eigenvalue weighted by Crippen LogP contribution is -2.34. The van der Waals surface area contributed by atoms with E-state index >= 15 is 0 Å². The summed E-state index contributed by atoms with van der Waals surface area (Å²) < 4.78 is 16.9. The number of rotatable bonds is 9. The zero-order valence-electron chi connectivity index (χ0n) is 17.6. The highest BCUT2D eigenvalue weighted by molar-refractivity contribution is 5.77. The fourth-order valence-corrected chi connectivity index (χ4v) is 3.71. The van der Waals surface area contributed by atoms with Crippen LogP contribution in [-0.4, -0.2) is 35.4 Å². The lowest BCUT2D eigenvalue weighted by Gasteiger charge is -2.26. The van der Waals surface area contributed by atoms with Crippen LogP contribution in [-0.2, 0) is 17.9 Å². The van der Waals surface area contributed by atoms with Crippen molar-refractivity contribution in [2.24, 2.45) is 0 Å². The number of ether oxygens (including phenoxy) is 1. The van der Waals surface area contributed by atoms with Crippen molar-refractivity contribution in [1.29, 1.82) is 0 Å². The first-order valence-electron chi connectivity index (χ1n) is 10.6. The number of hydrogen-bond acceptors (Lipinski definition) is 7. The molecule has 0 bridgehead atoms. The molecule has 9 nitrogen and oxygen atoms in total. The van der Waals surface area contributed by atoms with E-state index in [1.807, 2.05) is 12.1 Å². The molecule has 1 aliphatic rings. The molecule has 4 rings (SSSR count). The Morgan fingerprint density at radius 3 is 2.56 bits per heavy atom. The monoisotopic (exact) mass is 439 g/mol. The van der Waals surface area contributed by atoms with Gasteiger partial charge in [-0.25, -0.2) is 0 Å². The van der Waals surface area contributed by atoms with Crippen LogP contribution in [0.25, 0.3) is 0 Å². The molecule has 32 heavy (non-hydrogen) atoms. The van der Waals surface area contributed by atoms with Crippen molar-refractivity contribution in [3.63, 3.8) is 0 Å². The van der Waals surface area contributed by atoms with Gasteiger partial charge in [0.15, 0.2) is 18.2 Å². The van der Waals surface area contributed by atoms with Crippen LogP contribution in [0.1, 0.15) is 30.8 Å². The van der Waals surface area contributed by atoms with Gasteiger partial charge in [-0.3, -0.25) is 14.9 Å². The molecule has 0 spiro atoms. The predicted molar refractivity (Wildman–Crippen MR) is 116 cm³/mol. The zero-order chi connectivity index (χ0) is 22.3. The number of hydrogen-bond donors (Lipinski definition) is 0. The summed E-state index contributed by atoms with van der Waals surface area (Å²) in [6.45, 7) is 2.04. The van der Waals surface area contributed by atoms with E-state index in [2.05, 4.69) is 4.90 Å². The largest absolute Gasteiger partial charge is 0.477 e. The van der Waals surface area contributed by atoms with Gasteiger partial charge in [-0.2, -0.15) is 0 Å². The third kappa shape index (κ3) is 5.29. The molecule has 9 heteroatoms. The Balaban J connectivity index is 1.45. The molecule has 168 valence electrons. The van der Waals surface area contributed by atoms with E-state index in [-0.39, 0.29) is 37.0 Å². The van der Waals surface area contributed by atoms with E-state index in [4.69, 9.17) is 13.6 Å². The molecule has 0 N–H and O–H groups in total. The van der Waals surface area contributed by atoms with Crippen molar-refractivity contribution < 1.29 is 23.3 Å². The van der Waals surface area contributed by atoms with Crippen molar-refractivity contribution >= 4 is 17.5 Å². The Labute approximate surface area is 185 Å². The average Bonchev–Trinajstić information content (AvgIpc) is 3.50. The van der Waals surface area contributed by atoms with Crippen molar-refractivity contribution in [2.75, 3.05) is 24.6 Å². The van der Waals surface area contributed by atoms with Crippen LogP contribution < -0.4 is 9.64 Å². The molecule has 1 aromatic carbocycles. The minimum Gasteiger partial charge on any atom is -0.477 e. The maximum absolute atomic E-state index is 13.0. The summed E-state index contributed by atoms with van der Waals surface area (Å²) in [7, 11) is 0. The number of anilines is 1. The van der Waals surface area contributed by atoms with Crippen LogP contribution >= 0.6 is 0 Å². The zero-order valence-corrected chi connectivity index (χ0v) is 17.6. The van der Waals surface area contributed by atoms with Crippen LogP contribution in [0.15, 0.2) is 63.6 Å². The number of nitrogens with zero attached hydrogens (tertiary/aromatic N) is 3. The summed E-state index contributed by atoms with van der Waals surface area (Å²) in [6, 6.07) is 13.3. The Hall–Kier alpha value is -3.75. The van der Waals surface area contributed by atoms with Gasteiger partial charge < -0.3 is 23.4 Å². The molecule has 1 fully saturated rings. The smallest absolute Gasteiger partial charge is 0.310 e. The van der Waals surface area contributed by atoms with Crippen LogP contribution in [0.4, 0.5) is 11.6 Å². The maximum atomic E-state index is 13.0. The number of carbonyl (C=O) groups is 1. The second-order valence-corrected chi connectivity index (χ2v) is 7.63. The van der Waals surface area contributed by atoms with Gasteiger partial charge in [0.25, 0.3) is 5.91 Å². The van der Waals surface area contributed by atoms with Gasteiger partial charge in [0.1, 0.15) is 11.5 Å². The highest BCUT2D eigenvalue weighted by Crippen LogP contribution is 2.26. The Morgan fingerprint density at radius 2 is 1.81 bits per heavy atom. The average molecular weight is 439 g/mol. The molecule has 1 amide bonds. The number of amides is 1. The van der Waals surface area contributed by atoms with Gasteiger partial charge in [0.2, 0.25) is 0 Å². The quantitative estimate of drug-likeness (QED) is 0.360. The number of carbonyl (C=O) groups excluding carboxylic acids is 1. The van der Waals surface area contributed by atoms with Crippen molar-refractivity contribution in [3.8, 4) is 5.75 Å². The summed E-state index contributed by atoms with van der Waals surface area (Å²) in [4.78, 5) is 27.4. The normalized spacial score (nSPS) is 13.7. The highest BCUT2D eigenvalue weighted by atomic mass is 16.6. The molecular weight excluding hydrogens is 414 g/mol. The van der Waals surface area contributed by atoms with Gasteiger partial charge >= 0.3 is 5.69 Å². The SMILES string of the molecule is O=C(COc1ccccc1[N+](=O)[O-])N(Cc1ccco1)Cc1ccc(N2CCCCC2)o1. The first-order valence-corrected chi connectivity index (χ1v) is 10.6. The Bertz CT molecular complexity index is 1040. The molecule has 0 radical (unpaired) electrons. The highest BCUT2D eigenvalue weighted by Gasteiger charge is 2.22. The fourth-order valence-electron chi connectivity index (χ4n) is 3.71. The first-order chi connectivity index (χ1) is 15.6. The van der Waals surface area contributed by atoms with Gasteiger partial charge in [-0.05, 0) is 43.5 Å². The lowest BCUT2D eigenvalue weighted by molar-refractivity contribution is -0.385. The third-order valence-electron chi connectivity index (χ3n) is 5.35.